The van der Waals surface area contributed by atoms with E-state index in [2.05, 4.69) is 9.64 Å². The van der Waals surface area contributed by atoms with Crippen LogP contribution in [0.4, 0.5) is 0 Å². The van der Waals surface area contributed by atoms with Gasteiger partial charge < -0.3 is 44.6 Å². The predicted octanol–water partition coefficient (Wildman–Crippen LogP) is -0.565. The molecule has 38 heavy (non-hydrogen) atoms. The molecule has 1 fully saturated rings. The second-order valence-corrected chi connectivity index (χ2v) is 10.2. The van der Waals surface area contributed by atoms with Gasteiger partial charge in [-0.25, -0.2) is 9.59 Å². The van der Waals surface area contributed by atoms with E-state index in [0.29, 0.717) is 24.9 Å². The van der Waals surface area contributed by atoms with Crippen LogP contribution in [0, 0.1) is 0 Å². The Kier molecular flexibility index (Phi) is 6.12. The van der Waals surface area contributed by atoms with Crippen LogP contribution >= 0.6 is 0 Å². The Balaban J connectivity index is 1.37. The number of aromatic hydroxyl groups is 1. The summed E-state index contributed by atoms with van der Waals surface area (Å²) in [7, 11) is 1.92. The summed E-state index contributed by atoms with van der Waals surface area (Å²) in [5.74, 6) is -5.66. The summed E-state index contributed by atoms with van der Waals surface area (Å²) < 4.78 is 16.2. The van der Waals surface area contributed by atoms with Crippen molar-refractivity contribution < 1.29 is 58.9 Å². The van der Waals surface area contributed by atoms with Gasteiger partial charge in [0, 0.05) is 18.0 Å². The highest BCUT2D eigenvalue weighted by Gasteiger charge is 2.72. The van der Waals surface area contributed by atoms with Crippen molar-refractivity contribution in [3.63, 3.8) is 0 Å². The van der Waals surface area contributed by atoms with Crippen LogP contribution in [0.1, 0.15) is 36.8 Å². The molecular weight excluding hydrogens is 506 g/mol. The number of aliphatic hydroxyl groups excluding tert-OH is 1. The Bertz CT molecular complexity index is 1260. The quantitative estimate of drug-likeness (QED) is 0.266. The summed E-state index contributed by atoms with van der Waals surface area (Å²) >= 11 is 0. The summed E-state index contributed by atoms with van der Waals surface area (Å²) in [6.07, 6.45) is -4.42. The molecule has 2 heterocycles. The largest absolute Gasteiger partial charge is 0.504 e. The summed E-state index contributed by atoms with van der Waals surface area (Å²) in [6, 6.07) is 3.05. The monoisotopic (exact) mass is 533 g/mol. The number of nitrogens with zero attached hydrogens (tertiary/aromatic N) is 1. The standard InChI is InChI=1S/C25H27NO12/c1-26-7-6-24-19-11-2-3-12(27)20(19)38-21(24)14(4-5-25(24,35)16(26)8-11)37-23(34)13(28)9-18(31)36-15(22(32)33)10-17(29)30/h2-4,13,15-16,21,27-28,35H,5-10H2,1H3,(H,29,30)(H,32,33)/t13?,15?,16-,21+,24+,25-/m1/s1. The lowest BCUT2D eigenvalue weighted by Crippen LogP contribution is -2.74. The van der Waals surface area contributed by atoms with E-state index >= 15 is 0 Å². The maximum Gasteiger partial charge on any atom is 0.345 e. The van der Waals surface area contributed by atoms with Crippen LogP contribution in [0.15, 0.2) is 24.0 Å². The van der Waals surface area contributed by atoms with E-state index in [9.17, 15) is 34.5 Å². The number of carboxylic acid groups (broad SMARTS) is 2. The van der Waals surface area contributed by atoms with E-state index in [1.165, 1.54) is 12.1 Å². The third-order valence-corrected chi connectivity index (χ3v) is 8.11. The molecule has 6 atom stereocenters. The number of phenolic OH excluding ortho intramolecular Hbond substituents is 1. The first-order valence-electron chi connectivity index (χ1n) is 12.1. The van der Waals surface area contributed by atoms with Gasteiger partial charge in [-0.1, -0.05) is 6.07 Å². The number of likely N-dealkylation sites (tertiary alicyclic amines) is 1. The molecule has 2 bridgehead atoms. The lowest BCUT2D eigenvalue weighted by atomic mass is 9.50. The molecule has 13 heteroatoms. The average molecular weight is 533 g/mol. The van der Waals surface area contributed by atoms with Gasteiger partial charge in [0.25, 0.3) is 0 Å². The zero-order chi connectivity index (χ0) is 27.6. The van der Waals surface area contributed by atoms with Crippen LogP contribution in [0.3, 0.4) is 0 Å². The second kappa shape index (κ2) is 8.96. The van der Waals surface area contributed by atoms with Gasteiger partial charge in [-0.2, -0.15) is 0 Å². The molecule has 0 amide bonds. The van der Waals surface area contributed by atoms with E-state index in [1.807, 2.05) is 7.05 Å². The number of hydrogen-bond donors (Lipinski definition) is 5. The molecule has 1 aromatic rings. The van der Waals surface area contributed by atoms with Crippen molar-refractivity contribution in [2.24, 2.45) is 0 Å². The van der Waals surface area contributed by atoms with Gasteiger partial charge >= 0.3 is 23.9 Å². The van der Waals surface area contributed by atoms with Crippen LogP contribution in [0.2, 0.25) is 0 Å². The number of phenols is 1. The van der Waals surface area contributed by atoms with Crippen molar-refractivity contribution in [3.05, 3.63) is 35.1 Å². The van der Waals surface area contributed by atoms with Crippen molar-refractivity contribution >= 4 is 23.9 Å². The number of hydrogen-bond acceptors (Lipinski definition) is 11. The molecule has 4 aliphatic rings. The SMILES string of the molecule is CN1CC[C@]23c4c5ccc(O)c4O[C@H]2C(OC(=O)C(O)CC(=O)OC(CC(=O)O)C(=O)O)=CC[C@@]3(O)[C@H]1C5. The molecule has 0 radical (unpaired) electrons. The molecule has 0 aromatic heterocycles. The number of rotatable bonds is 8. The van der Waals surface area contributed by atoms with E-state index in [1.54, 1.807) is 6.07 Å². The molecule has 204 valence electrons. The molecule has 13 nitrogen and oxygen atoms in total. The lowest BCUT2D eigenvalue weighted by molar-refractivity contribution is -0.175. The number of ether oxygens (including phenoxy) is 3. The van der Waals surface area contributed by atoms with Crippen molar-refractivity contribution in [2.75, 3.05) is 13.6 Å². The smallest absolute Gasteiger partial charge is 0.345 e. The van der Waals surface area contributed by atoms with Gasteiger partial charge in [0.15, 0.2) is 23.7 Å². The van der Waals surface area contributed by atoms with Crippen LogP contribution in [0.5, 0.6) is 11.5 Å². The third-order valence-electron chi connectivity index (χ3n) is 8.11. The highest BCUT2D eigenvalue weighted by Crippen LogP contribution is 2.65. The van der Waals surface area contributed by atoms with Gasteiger partial charge in [-0.05, 0) is 44.1 Å². The maximum atomic E-state index is 12.7. The molecular formula is C25H27NO12. The van der Waals surface area contributed by atoms with Gasteiger partial charge in [-0.15, -0.1) is 0 Å². The Morgan fingerprint density at radius 2 is 1.95 bits per heavy atom. The van der Waals surface area contributed by atoms with Crippen LogP contribution in [-0.2, 0) is 40.5 Å². The highest BCUT2D eigenvalue weighted by atomic mass is 16.6. The normalized spacial score (nSPS) is 30.2. The van der Waals surface area contributed by atoms with Gasteiger partial charge in [0.05, 0.1) is 23.9 Å². The number of piperidine rings is 1. The number of carboxylic acids is 2. The fourth-order valence-electron chi connectivity index (χ4n) is 6.41. The number of aliphatic carboxylic acids is 2. The van der Waals surface area contributed by atoms with E-state index in [-0.39, 0.29) is 29.7 Å². The predicted molar refractivity (Wildman–Crippen MR) is 123 cm³/mol. The van der Waals surface area contributed by atoms with Crippen molar-refractivity contribution in [3.8, 4) is 11.5 Å². The average Bonchev–Trinajstić information content (AvgIpc) is 3.20. The number of carbonyl (C=O) groups is 4. The van der Waals surface area contributed by atoms with E-state index < -0.39 is 66.0 Å². The number of likely N-dealkylation sites (N-methyl/N-ethyl adjacent to an activating group) is 1. The zero-order valence-corrected chi connectivity index (χ0v) is 20.3. The minimum atomic E-state index is -2.05. The molecule has 2 aliphatic heterocycles. The lowest BCUT2D eigenvalue weighted by Gasteiger charge is -2.61. The first-order valence-corrected chi connectivity index (χ1v) is 12.1. The van der Waals surface area contributed by atoms with E-state index in [0.717, 1.165) is 5.56 Å². The third kappa shape index (κ3) is 3.72. The Morgan fingerprint density at radius 1 is 1.21 bits per heavy atom. The zero-order valence-electron chi connectivity index (χ0n) is 20.3. The minimum Gasteiger partial charge on any atom is -0.504 e. The summed E-state index contributed by atoms with van der Waals surface area (Å²) in [6.45, 7) is 0.609. The van der Waals surface area contributed by atoms with Gasteiger partial charge in [-0.3, -0.25) is 9.59 Å². The topological polar surface area (TPSA) is 200 Å². The van der Waals surface area contributed by atoms with Crippen LogP contribution < -0.4 is 4.74 Å². The summed E-state index contributed by atoms with van der Waals surface area (Å²) in [5.41, 5.74) is -0.721. The van der Waals surface area contributed by atoms with Crippen molar-refractivity contribution in [1.29, 1.82) is 0 Å². The van der Waals surface area contributed by atoms with E-state index in [4.69, 9.17) is 19.7 Å². The Hall–Kier alpha value is -3.68. The summed E-state index contributed by atoms with van der Waals surface area (Å²) in [4.78, 5) is 48.8. The minimum absolute atomic E-state index is 0.00753. The molecule has 2 aliphatic carbocycles. The Labute approximate surface area is 215 Å². The molecule has 5 N–H and O–H groups in total. The molecule has 1 aromatic carbocycles. The molecule has 0 saturated carbocycles. The highest BCUT2D eigenvalue weighted by molar-refractivity contribution is 5.85. The number of aliphatic hydroxyl groups is 2. The molecule has 2 unspecified atom stereocenters. The first-order chi connectivity index (χ1) is 17.9. The fourth-order valence-corrected chi connectivity index (χ4v) is 6.41. The number of carbonyl (C=O) groups excluding carboxylic acids is 2. The first kappa shape index (κ1) is 25.9. The Morgan fingerprint density at radius 3 is 2.63 bits per heavy atom. The van der Waals surface area contributed by atoms with Crippen molar-refractivity contribution in [2.45, 2.75) is 67.5 Å². The van der Waals surface area contributed by atoms with Crippen molar-refractivity contribution in [1.82, 2.24) is 4.90 Å². The second-order valence-electron chi connectivity index (χ2n) is 10.2. The fraction of sp³-hybridized carbons (Fsp3) is 0.520. The van der Waals surface area contributed by atoms with Crippen LogP contribution in [0.25, 0.3) is 0 Å². The van der Waals surface area contributed by atoms with Gasteiger partial charge in [0.2, 0.25) is 6.10 Å². The maximum absolute atomic E-state index is 12.7. The number of benzene rings is 1. The van der Waals surface area contributed by atoms with Gasteiger partial charge in [0.1, 0.15) is 5.76 Å². The number of esters is 2. The molecule has 1 spiro atoms. The molecule has 1 saturated heterocycles. The molecule has 5 rings (SSSR count). The van der Waals surface area contributed by atoms with Crippen LogP contribution in [-0.4, -0.2) is 97.9 Å². The summed E-state index contributed by atoms with van der Waals surface area (Å²) in [5, 5.41) is 50.6.